The van der Waals surface area contributed by atoms with E-state index in [0.717, 1.165) is 30.1 Å². The van der Waals surface area contributed by atoms with Crippen LogP contribution in [0.3, 0.4) is 0 Å². The second kappa shape index (κ2) is 6.04. The Balaban J connectivity index is 1.49. The van der Waals surface area contributed by atoms with E-state index >= 15 is 0 Å². The fourth-order valence-electron chi connectivity index (χ4n) is 3.92. The van der Waals surface area contributed by atoms with Crippen LogP contribution in [0.2, 0.25) is 0 Å². The van der Waals surface area contributed by atoms with Gasteiger partial charge in [-0.2, -0.15) is 0 Å². The molecule has 2 saturated carbocycles. The molecule has 19 heavy (non-hydrogen) atoms. The van der Waals surface area contributed by atoms with Crippen molar-refractivity contribution < 1.29 is 0 Å². The lowest BCUT2D eigenvalue weighted by atomic mass is 9.69. The van der Waals surface area contributed by atoms with E-state index in [0.29, 0.717) is 0 Å². The van der Waals surface area contributed by atoms with Gasteiger partial charge in [0.2, 0.25) is 0 Å². The van der Waals surface area contributed by atoms with Gasteiger partial charge in [0.1, 0.15) is 0 Å². The Hall–Kier alpha value is -0.890. The summed E-state index contributed by atoms with van der Waals surface area (Å²) in [5.74, 6) is 2.06. The van der Waals surface area contributed by atoms with E-state index in [9.17, 15) is 0 Å². The van der Waals surface area contributed by atoms with Crippen LogP contribution in [-0.4, -0.2) is 11.0 Å². The van der Waals surface area contributed by atoms with Crippen molar-refractivity contribution in [2.75, 3.05) is 0 Å². The van der Waals surface area contributed by atoms with Crippen LogP contribution in [-0.2, 0) is 6.54 Å². The molecule has 0 bridgehead atoms. The minimum atomic E-state index is 0.737. The van der Waals surface area contributed by atoms with E-state index in [1.807, 2.05) is 13.1 Å². The molecule has 0 aromatic carbocycles. The van der Waals surface area contributed by atoms with Crippen LogP contribution in [0.4, 0.5) is 0 Å². The molecule has 1 N–H and O–H groups in total. The molecule has 3 atom stereocenters. The van der Waals surface area contributed by atoms with Crippen molar-refractivity contribution in [3.8, 4) is 0 Å². The van der Waals surface area contributed by atoms with Crippen molar-refractivity contribution in [1.82, 2.24) is 10.3 Å². The summed E-state index contributed by atoms with van der Waals surface area (Å²) in [6.07, 6.45) is 12.2. The zero-order valence-electron chi connectivity index (χ0n) is 12.1. The van der Waals surface area contributed by atoms with E-state index in [2.05, 4.69) is 22.4 Å². The fourth-order valence-corrected chi connectivity index (χ4v) is 3.92. The van der Waals surface area contributed by atoms with Gasteiger partial charge in [-0.05, 0) is 49.7 Å². The number of aromatic nitrogens is 1. The zero-order chi connectivity index (χ0) is 13.1. The molecule has 2 heteroatoms. The van der Waals surface area contributed by atoms with Gasteiger partial charge in [0, 0.05) is 24.5 Å². The quantitative estimate of drug-likeness (QED) is 0.891. The van der Waals surface area contributed by atoms with Gasteiger partial charge in [-0.25, -0.2) is 0 Å². The SMILES string of the molecule is Cc1ccc(CNC2CCC3CCCCC3C2)cn1. The lowest BCUT2D eigenvalue weighted by Gasteiger charge is -2.39. The molecule has 3 rings (SSSR count). The van der Waals surface area contributed by atoms with E-state index in [4.69, 9.17) is 0 Å². The van der Waals surface area contributed by atoms with Gasteiger partial charge in [-0.15, -0.1) is 0 Å². The molecular formula is C17H26N2. The Labute approximate surface area is 117 Å². The van der Waals surface area contributed by atoms with Crippen LogP contribution in [0.1, 0.15) is 56.2 Å². The van der Waals surface area contributed by atoms with Gasteiger partial charge in [-0.3, -0.25) is 4.98 Å². The lowest BCUT2D eigenvalue weighted by Crippen LogP contribution is -2.38. The van der Waals surface area contributed by atoms with Crippen molar-refractivity contribution in [3.05, 3.63) is 29.6 Å². The van der Waals surface area contributed by atoms with Crippen molar-refractivity contribution >= 4 is 0 Å². The summed E-state index contributed by atoms with van der Waals surface area (Å²) in [5.41, 5.74) is 2.42. The minimum absolute atomic E-state index is 0.737. The summed E-state index contributed by atoms with van der Waals surface area (Å²) in [4.78, 5) is 4.37. The van der Waals surface area contributed by atoms with Gasteiger partial charge in [-0.1, -0.05) is 31.7 Å². The number of hydrogen-bond acceptors (Lipinski definition) is 2. The molecule has 2 aliphatic rings. The van der Waals surface area contributed by atoms with Crippen LogP contribution in [0.15, 0.2) is 18.3 Å². The zero-order valence-corrected chi connectivity index (χ0v) is 12.1. The number of pyridine rings is 1. The number of nitrogens with one attached hydrogen (secondary N) is 1. The molecule has 2 aliphatic carbocycles. The monoisotopic (exact) mass is 258 g/mol. The first kappa shape index (κ1) is 13.1. The Morgan fingerprint density at radius 1 is 1.11 bits per heavy atom. The summed E-state index contributed by atoms with van der Waals surface area (Å²) in [6, 6.07) is 5.04. The molecule has 3 unspecified atom stereocenters. The molecular weight excluding hydrogens is 232 g/mol. The molecule has 1 aromatic heterocycles. The van der Waals surface area contributed by atoms with E-state index in [-0.39, 0.29) is 0 Å². The predicted octanol–water partition coefficient (Wildman–Crippen LogP) is 3.84. The normalized spacial score (nSPS) is 30.9. The second-order valence-electron chi connectivity index (χ2n) is 6.50. The minimum Gasteiger partial charge on any atom is -0.310 e. The van der Waals surface area contributed by atoms with Gasteiger partial charge < -0.3 is 5.32 Å². The highest BCUT2D eigenvalue weighted by Gasteiger charge is 2.31. The highest BCUT2D eigenvalue weighted by Crippen LogP contribution is 2.40. The Kier molecular flexibility index (Phi) is 4.17. The van der Waals surface area contributed by atoms with Crippen molar-refractivity contribution in [2.45, 2.75) is 64.5 Å². The highest BCUT2D eigenvalue weighted by atomic mass is 14.9. The number of rotatable bonds is 3. The molecule has 0 saturated heterocycles. The summed E-state index contributed by atoms with van der Waals surface area (Å²) in [5, 5.41) is 3.75. The van der Waals surface area contributed by atoms with Crippen molar-refractivity contribution in [3.63, 3.8) is 0 Å². The predicted molar refractivity (Wildman–Crippen MR) is 78.9 cm³/mol. The summed E-state index contributed by atoms with van der Waals surface area (Å²) in [7, 11) is 0. The van der Waals surface area contributed by atoms with Crippen LogP contribution in [0.25, 0.3) is 0 Å². The number of fused-ring (bicyclic) bond motifs is 1. The molecule has 0 radical (unpaired) electrons. The topological polar surface area (TPSA) is 24.9 Å². The van der Waals surface area contributed by atoms with Gasteiger partial charge in [0.25, 0.3) is 0 Å². The first-order chi connectivity index (χ1) is 9.31. The third-order valence-electron chi connectivity index (χ3n) is 5.11. The second-order valence-corrected chi connectivity index (χ2v) is 6.50. The number of aryl methyl sites for hydroxylation is 1. The summed E-state index contributed by atoms with van der Waals surface area (Å²) in [6.45, 7) is 3.02. The maximum Gasteiger partial charge on any atom is 0.0372 e. The third kappa shape index (κ3) is 3.36. The third-order valence-corrected chi connectivity index (χ3v) is 5.11. The smallest absolute Gasteiger partial charge is 0.0372 e. The molecule has 1 heterocycles. The van der Waals surface area contributed by atoms with Gasteiger partial charge >= 0.3 is 0 Å². The molecule has 2 nitrogen and oxygen atoms in total. The average molecular weight is 258 g/mol. The summed E-state index contributed by atoms with van der Waals surface area (Å²) >= 11 is 0. The molecule has 104 valence electrons. The average Bonchev–Trinajstić information content (AvgIpc) is 2.46. The van der Waals surface area contributed by atoms with Gasteiger partial charge in [0.15, 0.2) is 0 Å². The Bertz CT molecular complexity index is 398. The molecule has 1 aromatic rings. The van der Waals surface area contributed by atoms with Crippen molar-refractivity contribution in [2.24, 2.45) is 11.8 Å². The fraction of sp³-hybridized carbons (Fsp3) is 0.706. The first-order valence-electron chi connectivity index (χ1n) is 7.96. The lowest BCUT2D eigenvalue weighted by molar-refractivity contribution is 0.143. The van der Waals surface area contributed by atoms with Crippen LogP contribution in [0, 0.1) is 18.8 Å². The molecule has 2 fully saturated rings. The largest absolute Gasteiger partial charge is 0.310 e. The maximum absolute atomic E-state index is 4.37. The molecule has 0 aliphatic heterocycles. The van der Waals surface area contributed by atoms with Crippen LogP contribution in [0.5, 0.6) is 0 Å². The van der Waals surface area contributed by atoms with E-state index in [1.165, 1.54) is 50.5 Å². The van der Waals surface area contributed by atoms with Crippen molar-refractivity contribution in [1.29, 1.82) is 0 Å². The number of nitrogens with zero attached hydrogens (tertiary/aromatic N) is 1. The van der Waals surface area contributed by atoms with E-state index < -0.39 is 0 Å². The van der Waals surface area contributed by atoms with Gasteiger partial charge in [0.05, 0.1) is 0 Å². The first-order valence-corrected chi connectivity index (χ1v) is 7.96. The molecule has 0 amide bonds. The number of hydrogen-bond donors (Lipinski definition) is 1. The van der Waals surface area contributed by atoms with Crippen LogP contribution >= 0.6 is 0 Å². The summed E-state index contributed by atoms with van der Waals surface area (Å²) < 4.78 is 0. The highest BCUT2D eigenvalue weighted by molar-refractivity contribution is 5.12. The Morgan fingerprint density at radius 2 is 1.95 bits per heavy atom. The van der Waals surface area contributed by atoms with Crippen LogP contribution < -0.4 is 5.32 Å². The Morgan fingerprint density at radius 3 is 2.74 bits per heavy atom. The van der Waals surface area contributed by atoms with E-state index in [1.54, 1.807) is 0 Å². The molecule has 0 spiro atoms. The standard InChI is InChI=1S/C17H26N2/c1-13-6-7-14(11-18-13)12-19-17-9-8-15-4-2-3-5-16(15)10-17/h6-7,11,15-17,19H,2-5,8-10,12H2,1H3. The maximum atomic E-state index is 4.37.